The van der Waals surface area contributed by atoms with E-state index in [1.165, 1.54) is 0 Å². The van der Waals surface area contributed by atoms with Crippen molar-refractivity contribution in [1.82, 2.24) is 0 Å². The molecule has 0 unspecified atom stereocenters. The van der Waals surface area contributed by atoms with Crippen LogP contribution < -0.4 is 11.5 Å². The molecule has 0 fully saturated rings. The summed E-state index contributed by atoms with van der Waals surface area (Å²) in [5, 5.41) is 16.2. The Morgan fingerprint density at radius 3 is 1.11 bits per heavy atom. The van der Waals surface area contributed by atoms with Gasteiger partial charge in [0.15, 0.2) is 0 Å². The molecule has 0 atom stereocenters. The predicted octanol–water partition coefficient (Wildman–Crippen LogP) is -0.153. The zero-order valence-corrected chi connectivity index (χ0v) is 11.1. The van der Waals surface area contributed by atoms with Crippen molar-refractivity contribution in [3.8, 4) is 0 Å². The number of hydrogen-bond donors (Lipinski definition) is 4. The highest BCUT2D eigenvalue weighted by Gasteiger charge is 1.87. The Balaban J connectivity index is -0.000000187. The minimum Gasteiger partial charge on any atom is -0.396 e. The largest absolute Gasteiger partial charge is 0.396 e. The van der Waals surface area contributed by atoms with Gasteiger partial charge >= 0.3 is 0 Å². The second kappa shape index (κ2) is 15.3. The number of aliphatic hydroxyl groups is 2. The fraction of sp³-hybridized carbons (Fsp3) is 0.500. The van der Waals surface area contributed by atoms with Crippen LogP contribution in [0.15, 0.2) is 24.3 Å². The highest BCUT2D eigenvalue weighted by atomic mass is 16.3. The van der Waals surface area contributed by atoms with E-state index in [2.05, 4.69) is 13.2 Å². The lowest BCUT2D eigenvalue weighted by atomic mass is 10.3. The van der Waals surface area contributed by atoms with E-state index in [0.29, 0.717) is 11.1 Å². The summed E-state index contributed by atoms with van der Waals surface area (Å²) in [6.45, 7) is 10.1. The molecule has 0 bridgehead atoms. The standard InChI is InChI=1S/2C4H7NO.C4H10O2/c2*1-3(2)4(5)6;5-3-1-2-4-6/h2*1H2,2H3,(H2,5,6);5-6H,1-4H2. The number of unbranched alkanes of at least 4 members (excludes halogenated alkanes) is 1. The first kappa shape index (κ1) is 21.6. The third-order valence-corrected chi connectivity index (χ3v) is 1.41. The van der Waals surface area contributed by atoms with Crippen LogP contribution in [0.1, 0.15) is 26.7 Å². The lowest BCUT2D eigenvalue weighted by Crippen LogP contribution is -2.10. The number of carbonyl (C=O) groups excluding carboxylic acids is 2. The lowest BCUT2D eigenvalue weighted by Gasteiger charge is -1.85. The van der Waals surface area contributed by atoms with Crippen LogP contribution >= 0.6 is 0 Å². The van der Waals surface area contributed by atoms with Gasteiger partial charge in [-0.3, -0.25) is 9.59 Å². The van der Waals surface area contributed by atoms with Gasteiger partial charge in [-0.25, -0.2) is 0 Å². The average molecular weight is 260 g/mol. The highest BCUT2D eigenvalue weighted by molar-refractivity contribution is 5.90. The summed E-state index contributed by atoms with van der Waals surface area (Å²) >= 11 is 0. The Labute approximate surface area is 108 Å². The molecule has 0 saturated carbocycles. The zero-order chi connectivity index (χ0) is 15.1. The second-order valence-corrected chi connectivity index (χ2v) is 3.44. The third kappa shape index (κ3) is 29.3. The summed E-state index contributed by atoms with van der Waals surface area (Å²) in [5.74, 6) is -0.870. The SMILES string of the molecule is C=C(C)C(N)=O.C=C(C)C(N)=O.OCCCCO. The van der Waals surface area contributed by atoms with Crippen LogP contribution in [0.3, 0.4) is 0 Å². The predicted molar refractivity (Wildman–Crippen MR) is 71.4 cm³/mol. The molecule has 6 N–H and O–H groups in total. The molecule has 106 valence electrons. The van der Waals surface area contributed by atoms with E-state index < -0.39 is 11.8 Å². The van der Waals surface area contributed by atoms with Crippen molar-refractivity contribution in [3.63, 3.8) is 0 Å². The number of carbonyl (C=O) groups is 2. The van der Waals surface area contributed by atoms with E-state index in [-0.39, 0.29) is 13.2 Å². The van der Waals surface area contributed by atoms with Crippen molar-refractivity contribution in [3.05, 3.63) is 24.3 Å². The highest BCUT2D eigenvalue weighted by Crippen LogP contribution is 1.80. The Hall–Kier alpha value is -1.66. The van der Waals surface area contributed by atoms with Gasteiger partial charge in [0.25, 0.3) is 0 Å². The molecule has 0 aliphatic heterocycles. The normalized spacial score (nSPS) is 8.00. The molecule has 18 heavy (non-hydrogen) atoms. The number of hydrogen-bond acceptors (Lipinski definition) is 4. The molecule has 0 rings (SSSR count). The maximum Gasteiger partial charge on any atom is 0.243 e. The molecule has 0 saturated heterocycles. The van der Waals surface area contributed by atoms with Gasteiger partial charge in [-0.2, -0.15) is 0 Å². The first-order valence-corrected chi connectivity index (χ1v) is 5.33. The van der Waals surface area contributed by atoms with Crippen molar-refractivity contribution in [1.29, 1.82) is 0 Å². The molecule has 0 aliphatic carbocycles. The Kier molecular flexibility index (Phi) is 18.4. The summed E-state index contributed by atoms with van der Waals surface area (Å²) in [7, 11) is 0. The number of rotatable bonds is 5. The van der Waals surface area contributed by atoms with Crippen LogP contribution in [0.5, 0.6) is 0 Å². The van der Waals surface area contributed by atoms with E-state index in [9.17, 15) is 9.59 Å². The molecule has 6 nitrogen and oxygen atoms in total. The van der Waals surface area contributed by atoms with Crippen LogP contribution in [-0.4, -0.2) is 35.2 Å². The fourth-order valence-electron chi connectivity index (χ4n) is 0.224. The van der Waals surface area contributed by atoms with E-state index in [1.54, 1.807) is 13.8 Å². The van der Waals surface area contributed by atoms with Crippen LogP contribution in [0.4, 0.5) is 0 Å². The molecule has 0 spiro atoms. The Bertz CT molecular complexity index is 223. The number of amides is 2. The molecular weight excluding hydrogens is 236 g/mol. The molecule has 0 aromatic heterocycles. The van der Waals surface area contributed by atoms with Crippen molar-refractivity contribution in [2.24, 2.45) is 11.5 Å². The van der Waals surface area contributed by atoms with Crippen LogP contribution in [0, 0.1) is 0 Å². The molecule has 0 radical (unpaired) electrons. The second-order valence-electron chi connectivity index (χ2n) is 3.44. The van der Waals surface area contributed by atoms with Crippen LogP contribution in [0.2, 0.25) is 0 Å². The summed E-state index contributed by atoms with van der Waals surface area (Å²) in [6.07, 6.45) is 1.44. The molecule has 0 aromatic rings. The molecule has 0 heterocycles. The molecular formula is C12H24N2O4. The Morgan fingerprint density at radius 1 is 0.889 bits per heavy atom. The van der Waals surface area contributed by atoms with Crippen LogP contribution in [-0.2, 0) is 9.59 Å². The van der Waals surface area contributed by atoms with E-state index in [1.807, 2.05) is 0 Å². The minimum absolute atomic E-state index is 0.195. The zero-order valence-electron chi connectivity index (χ0n) is 11.1. The first-order chi connectivity index (χ1) is 8.20. The summed E-state index contributed by atoms with van der Waals surface area (Å²) in [4.78, 5) is 19.6. The fourth-order valence-corrected chi connectivity index (χ4v) is 0.224. The van der Waals surface area contributed by atoms with E-state index in [0.717, 1.165) is 12.8 Å². The number of aliphatic hydroxyl groups excluding tert-OH is 2. The van der Waals surface area contributed by atoms with Gasteiger partial charge in [-0.1, -0.05) is 13.2 Å². The topological polar surface area (TPSA) is 127 Å². The van der Waals surface area contributed by atoms with Crippen molar-refractivity contribution >= 4 is 11.8 Å². The van der Waals surface area contributed by atoms with Gasteiger partial charge in [-0.05, 0) is 26.7 Å². The van der Waals surface area contributed by atoms with Crippen LogP contribution in [0.25, 0.3) is 0 Å². The summed E-state index contributed by atoms with van der Waals surface area (Å²) < 4.78 is 0. The number of primary amides is 2. The van der Waals surface area contributed by atoms with E-state index in [4.69, 9.17) is 21.7 Å². The third-order valence-electron chi connectivity index (χ3n) is 1.41. The van der Waals surface area contributed by atoms with E-state index >= 15 is 0 Å². The van der Waals surface area contributed by atoms with Crippen molar-refractivity contribution < 1.29 is 19.8 Å². The van der Waals surface area contributed by atoms with Gasteiger partial charge in [0, 0.05) is 24.4 Å². The van der Waals surface area contributed by atoms with Gasteiger partial charge in [-0.15, -0.1) is 0 Å². The molecule has 0 aromatic carbocycles. The maximum absolute atomic E-state index is 9.82. The summed E-state index contributed by atoms with van der Waals surface area (Å²) in [6, 6.07) is 0. The smallest absolute Gasteiger partial charge is 0.243 e. The molecule has 2 amide bonds. The first-order valence-electron chi connectivity index (χ1n) is 5.33. The Morgan fingerprint density at radius 2 is 1.06 bits per heavy atom. The lowest BCUT2D eigenvalue weighted by molar-refractivity contribution is -0.115. The average Bonchev–Trinajstić information content (AvgIpc) is 2.27. The minimum atomic E-state index is -0.435. The maximum atomic E-state index is 9.82. The van der Waals surface area contributed by atoms with Gasteiger partial charge in [0.2, 0.25) is 11.8 Å². The molecule has 0 aliphatic rings. The van der Waals surface area contributed by atoms with Gasteiger partial charge in [0.05, 0.1) is 0 Å². The summed E-state index contributed by atoms with van der Waals surface area (Å²) in [5.41, 5.74) is 10.2. The molecule has 6 heteroatoms. The van der Waals surface area contributed by atoms with Gasteiger partial charge in [0.1, 0.15) is 0 Å². The van der Waals surface area contributed by atoms with Crippen molar-refractivity contribution in [2.75, 3.05) is 13.2 Å². The monoisotopic (exact) mass is 260 g/mol. The van der Waals surface area contributed by atoms with Crippen molar-refractivity contribution in [2.45, 2.75) is 26.7 Å². The number of nitrogens with two attached hydrogens (primary N) is 2. The quantitative estimate of drug-likeness (QED) is 0.405. The van der Waals surface area contributed by atoms with Gasteiger partial charge < -0.3 is 21.7 Å².